The SMILES string of the molecule is C=C(Cl)OC(=C)/C=C\C. The minimum Gasteiger partial charge on any atom is -0.447 e. The van der Waals surface area contributed by atoms with Gasteiger partial charge in [0, 0.05) is 0 Å². The molecule has 0 N–H and O–H groups in total. The van der Waals surface area contributed by atoms with Crippen molar-refractivity contribution in [3.05, 3.63) is 36.3 Å². The van der Waals surface area contributed by atoms with Gasteiger partial charge in [-0.3, -0.25) is 0 Å². The molecular formula is C7H9ClO. The molecule has 0 saturated carbocycles. The molecule has 0 aliphatic heterocycles. The molecule has 0 aromatic carbocycles. The molecular weight excluding hydrogens is 136 g/mol. The first-order valence-corrected chi connectivity index (χ1v) is 2.88. The number of ether oxygens (including phenoxy) is 1. The summed E-state index contributed by atoms with van der Waals surface area (Å²) in [4.78, 5) is 0. The minimum atomic E-state index is 0.137. The molecule has 0 unspecified atom stereocenters. The Balaban J connectivity index is 3.64. The van der Waals surface area contributed by atoms with Crippen LogP contribution in [0.3, 0.4) is 0 Å². The van der Waals surface area contributed by atoms with Crippen LogP contribution in [0.2, 0.25) is 0 Å². The Morgan fingerprint density at radius 1 is 1.56 bits per heavy atom. The Kier molecular flexibility index (Phi) is 3.89. The van der Waals surface area contributed by atoms with Gasteiger partial charge < -0.3 is 4.74 Å². The Morgan fingerprint density at radius 3 is 2.44 bits per heavy atom. The molecule has 0 aromatic heterocycles. The molecule has 50 valence electrons. The third kappa shape index (κ3) is 5.18. The van der Waals surface area contributed by atoms with Crippen molar-refractivity contribution in [2.75, 3.05) is 0 Å². The molecule has 0 saturated heterocycles. The van der Waals surface area contributed by atoms with Crippen LogP contribution in [-0.4, -0.2) is 0 Å². The zero-order valence-electron chi connectivity index (χ0n) is 5.36. The van der Waals surface area contributed by atoms with E-state index in [-0.39, 0.29) is 5.22 Å². The predicted molar refractivity (Wildman–Crippen MR) is 40.0 cm³/mol. The molecule has 0 atom stereocenters. The van der Waals surface area contributed by atoms with Gasteiger partial charge in [-0.15, -0.1) is 0 Å². The van der Waals surface area contributed by atoms with Crippen molar-refractivity contribution in [2.24, 2.45) is 0 Å². The van der Waals surface area contributed by atoms with E-state index < -0.39 is 0 Å². The van der Waals surface area contributed by atoms with Crippen molar-refractivity contribution in [1.82, 2.24) is 0 Å². The summed E-state index contributed by atoms with van der Waals surface area (Å²) < 4.78 is 4.78. The van der Waals surface area contributed by atoms with Crippen molar-refractivity contribution >= 4 is 11.6 Å². The average Bonchev–Trinajstić information content (AvgIpc) is 1.63. The van der Waals surface area contributed by atoms with E-state index in [1.165, 1.54) is 0 Å². The minimum absolute atomic E-state index is 0.137. The molecule has 0 radical (unpaired) electrons. The molecule has 0 aliphatic rings. The first-order chi connectivity index (χ1) is 4.16. The summed E-state index contributed by atoms with van der Waals surface area (Å²) in [7, 11) is 0. The topological polar surface area (TPSA) is 9.23 Å². The van der Waals surface area contributed by atoms with Crippen molar-refractivity contribution in [1.29, 1.82) is 0 Å². The second-order valence-corrected chi connectivity index (χ2v) is 1.85. The highest BCUT2D eigenvalue weighted by Gasteiger charge is 1.87. The van der Waals surface area contributed by atoms with Crippen molar-refractivity contribution < 1.29 is 4.74 Å². The number of halogens is 1. The summed E-state index contributed by atoms with van der Waals surface area (Å²) in [5.74, 6) is 0.498. The van der Waals surface area contributed by atoms with E-state index in [2.05, 4.69) is 13.2 Å². The molecule has 0 fully saturated rings. The van der Waals surface area contributed by atoms with Crippen LogP contribution in [0.1, 0.15) is 6.92 Å². The van der Waals surface area contributed by atoms with Gasteiger partial charge in [0.25, 0.3) is 0 Å². The fraction of sp³-hybridized carbons (Fsp3) is 0.143. The Bertz CT molecular complexity index is 147. The lowest BCUT2D eigenvalue weighted by atomic mass is 10.5. The smallest absolute Gasteiger partial charge is 0.186 e. The second kappa shape index (κ2) is 4.21. The quantitative estimate of drug-likeness (QED) is 0.437. The highest BCUT2D eigenvalue weighted by atomic mass is 35.5. The number of hydrogen-bond donors (Lipinski definition) is 0. The van der Waals surface area contributed by atoms with Gasteiger partial charge in [-0.25, -0.2) is 0 Å². The molecule has 0 aromatic rings. The monoisotopic (exact) mass is 144 g/mol. The molecule has 0 rings (SSSR count). The van der Waals surface area contributed by atoms with Crippen LogP contribution >= 0.6 is 11.6 Å². The normalized spacial score (nSPS) is 9.56. The van der Waals surface area contributed by atoms with E-state index in [1.807, 2.05) is 13.0 Å². The van der Waals surface area contributed by atoms with Crippen LogP contribution in [-0.2, 0) is 4.74 Å². The molecule has 0 heterocycles. The fourth-order valence-electron chi connectivity index (χ4n) is 0.362. The van der Waals surface area contributed by atoms with Crippen LogP contribution in [0.4, 0.5) is 0 Å². The lowest BCUT2D eigenvalue weighted by molar-refractivity contribution is 0.355. The van der Waals surface area contributed by atoms with Crippen LogP contribution in [0.15, 0.2) is 36.3 Å². The van der Waals surface area contributed by atoms with Gasteiger partial charge >= 0.3 is 0 Å². The largest absolute Gasteiger partial charge is 0.447 e. The van der Waals surface area contributed by atoms with E-state index in [1.54, 1.807) is 6.08 Å². The summed E-state index contributed by atoms with van der Waals surface area (Å²) in [6.07, 6.45) is 3.51. The van der Waals surface area contributed by atoms with Crippen LogP contribution in [0.5, 0.6) is 0 Å². The van der Waals surface area contributed by atoms with E-state index in [4.69, 9.17) is 16.3 Å². The molecule has 0 aliphatic carbocycles. The molecule has 0 amide bonds. The van der Waals surface area contributed by atoms with Crippen molar-refractivity contribution in [3.8, 4) is 0 Å². The van der Waals surface area contributed by atoms with Crippen molar-refractivity contribution in [3.63, 3.8) is 0 Å². The lowest BCUT2D eigenvalue weighted by Gasteiger charge is -1.98. The maximum absolute atomic E-state index is 5.30. The standard InChI is InChI=1S/C7H9ClO/c1-4-5-6(2)9-7(3)8/h4-5H,2-3H2,1H3/b5-4-. The first kappa shape index (κ1) is 8.31. The van der Waals surface area contributed by atoms with Gasteiger partial charge in [-0.05, 0) is 31.2 Å². The highest BCUT2D eigenvalue weighted by molar-refractivity contribution is 6.28. The maximum atomic E-state index is 5.30. The van der Waals surface area contributed by atoms with E-state index in [9.17, 15) is 0 Å². The predicted octanol–water partition coefficient (Wildman–Crippen LogP) is 2.80. The van der Waals surface area contributed by atoms with Gasteiger partial charge in [0.15, 0.2) is 5.22 Å². The fourth-order valence-corrected chi connectivity index (χ4v) is 0.461. The zero-order valence-corrected chi connectivity index (χ0v) is 6.11. The van der Waals surface area contributed by atoms with Crippen LogP contribution in [0.25, 0.3) is 0 Å². The maximum Gasteiger partial charge on any atom is 0.186 e. The van der Waals surface area contributed by atoms with Crippen LogP contribution in [0, 0.1) is 0 Å². The summed E-state index contributed by atoms with van der Waals surface area (Å²) in [5.41, 5.74) is 0. The highest BCUT2D eigenvalue weighted by Crippen LogP contribution is 2.06. The summed E-state index contributed by atoms with van der Waals surface area (Å²) in [6, 6.07) is 0. The third-order valence-corrected chi connectivity index (χ3v) is 0.672. The molecule has 0 bridgehead atoms. The number of rotatable bonds is 3. The Morgan fingerprint density at radius 2 is 2.11 bits per heavy atom. The molecule has 2 heteroatoms. The molecule has 0 spiro atoms. The summed E-state index contributed by atoms with van der Waals surface area (Å²) >= 11 is 5.30. The first-order valence-electron chi connectivity index (χ1n) is 2.50. The number of hydrogen-bond acceptors (Lipinski definition) is 1. The average molecular weight is 145 g/mol. The lowest BCUT2D eigenvalue weighted by Crippen LogP contribution is -1.79. The summed E-state index contributed by atoms with van der Waals surface area (Å²) in [5, 5.41) is 0.137. The number of allylic oxidation sites excluding steroid dienone is 2. The summed E-state index contributed by atoms with van der Waals surface area (Å²) in [6.45, 7) is 8.72. The van der Waals surface area contributed by atoms with Gasteiger partial charge in [0.2, 0.25) is 0 Å². The second-order valence-electron chi connectivity index (χ2n) is 1.42. The third-order valence-electron chi connectivity index (χ3n) is 0.594. The van der Waals surface area contributed by atoms with E-state index in [0.29, 0.717) is 5.76 Å². The Labute approximate surface area is 60.3 Å². The van der Waals surface area contributed by atoms with Gasteiger partial charge in [0.1, 0.15) is 5.76 Å². The van der Waals surface area contributed by atoms with Crippen molar-refractivity contribution in [2.45, 2.75) is 6.92 Å². The van der Waals surface area contributed by atoms with E-state index >= 15 is 0 Å². The van der Waals surface area contributed by atoms with E-state index in [0.717, 1.165) is 0 Å². The van der Waals surface area contributed by atoms with Gasteiger partial charge in [0.05, 0.1) is 0 Å². The zero-order chi connectivity index (χ0) is 7.28. The van der Waals surface area contributed by atoms with Gasteiger partial charge in [-0.2, -0.15) is 0 Å². The molecule has 9 heavy (non-hydrogen) atoms. The molecule has 1 nitrogen and oxygen atoms in total. The Hall–Kier alpha value is -0.690. The van der Waals surface area contributed by atoms with Gasteiger partial charge in [-0.1, -0.05) is 12.7 Å². The van der Waals surface area contributed by atoms with Crippen LogP contribution < -0.4 is 0 Å².